The summed E-state index contributed by atoms with van der Waals surface area (Å²) in [5.41, 5.74) is 2.28. The van der Waals surface area contributed by atoms with Crippen LogP contribution in [0.2, 0.25) is 0 Å². The summed E-state index contributed by atoms with van der Waals surface area (Å²) in [6.45, 7) is 4.21. The van der Waals surface area contributed by atoms with Gasteiger partial charge in [-0.2, -0.15) is 0 Å². The van der Waals surface area contributed by atoms with Gasteiger partial charge in [-0.3, -0.25) is 0 Å². The summed E-state index contributed by atoms with van der Waals surface area (Å²) in [6, 6.07) is 22.1. The van der Waals surface area contributed by atoms with Gasteiger partial charge in [0.1, 0.15) is 11.4 Å². The lowest BCUT2D eigenvalue weighted by molar-refractivity contribution is 0.0520. The average molecular weight is 452 g/mol. The maximum absolute atomic E-state index is 12.0. The lowest BCUT2D eigenvalue weighted by atomic mass is 10.0. The van der Waals surface area contributed by atoms with Crippen LogP contribution in [0.3, 0.4) is 0 Å². The van der Waals surface area contributed by atoms with E-state index in [1.807, 2.05) is 48.5 Å². The van der Waals surface area contributed by atoms with E-state index in [1.165, 1.54) is 0 Å². The molecular formula is C24H22BrNO3. The molecule has 1 N–H and O–H groups in total. The first-order valence-corrected chi connectivity index (χ1v) is 10.5. The third-order valence-corrected chi connectivity index (χ3v) is 6.21. The second-order valence-electron chi connectivity index (χ2n) is 6.87. The SMILES string of the molecule is CCOC(=O)c1cc2ccc(C(Br)(CC)Oc3cccc4ccccc34)cc2[nH]1. The van der Waals surface area contributed by atoms with Gasteiger partial charge in [0.25, 0.3) is 0 Å². The molecule has 0 bridgehead atoms. The van der Waals surface area contributed by atoms with E-state index in [0.717, 1.165) is 33.0 Å². The number of rotatable bonds is 6. The van der Waals surface area contributed by atoms with Crippen molar-refractivity contribution in [2.75, 3.05) is 6.61 Å². The summed E-state index contributed by atoms with van der Waals surface area (Å²) < 4.78 is 10.9. The Bertz CT molecular complexity index is 1180. The minimum absolute atomic E-state index is 0.346. The molecule has 4 rings (SSSR count). The predicted molar refractivity (Wildman–Crippen MR) is 120 cm³/mol. The quantitative estimate of drug-likeness (QED) is 0.267. The molecule has 0 aliphatic carbocycles. The van der Waals surface area contributed by atoms with Crippen LogP contribution < -0.4 is 4.74 Å². The van der Waals surface area contributed by atoms with Gasteiger partial charge in [0, 0.05) is 21.9 Å². The summed E-state index contributed by atoms with van der Waals surface area (Å²) in [6.07, 6.45) is 0.715. The molecule has 1 atom stereocenters. The molecule has 4 nitrogen and oxygen atoms in total. The van der Waals surface area contributed by atoms with E-state index in [2.05, 4.69) is 46.0 Å². The first kappa shape index (κ1) is 19.5. The molecule has 0 aliphatic rings. The van der Waals surface area contributed by atoms with E-state index in [1.54, 1.807) is 6.92 Å². The van der Waals surface area contributed by atoms with E-state index >= 15 is 0 Å². The normalized spacial score (nSPS) is 13.3. The van der Waals surface area contributed by atoms with E-state index in [4.69, 9.17) is 9.47 Å². The maximum Gasteiger partial charge on any atom is 0.354 e. The number of nitrogens with one attached hydrogen (secondary N) is 1. The first-order chi connectivity index (χ1) is 14.0. The maximum atomic E-state index is 12.0. The Morgan fingerprint density at radius 1 is 1.00 bits per heavy atom. The Morgan fingerprint density at radius 3 is 2.59 bits per heavy atom. The minimum atomic E-state index is -0.694. The van der Waals surface area contributed by atoms with Crippen molar-refractivity contribution in [3.05, 3.63) is 78.0 Å². The van der Waals surface area contributed by atoms with Crippen molar-refractivity contribution in [3.8, 4) is 5.75 Å². The van der Waals surface area contributed by atoms with Crippen LogP contribution in [0.4, 0.5) is 0 Å². The Labute approximate surface area is 178 Å². The van der Waals surface area contributed by atoms with E-state index in [9.17, 15) is 4.79 Å². The molecule has 0 saturated heterocycles. The molecule has 0 radical (unpaired) electrons. The fourth-order valence-corrected chi connectivity index (χ4v) is 3.89. The largest absolute Gasteiger partial charge is 0.471 e. The van der Waals surface area contributed by atoms with Crippen molar-refractivity contribution < 1.29 is 14.3 Å². The number of carbonyl (C=O) groups excluding carboxylic acids is 1. The highest BCUT2D eigenvalue weighted by Gasteiger charge is 2.30. The molecule has 148 valence electrons. The van der Waals surface area contributed by atoms with Crippen molar-refractivity contribution in [2.24, 2.45) is 0 Å². The van der Waals surface area contributed by atoms with Crippen LogP contribution in [0.5, 0.6) is 5.75 Å². The van der Waals surface area contributed by atoms with Gasteiger partial charge in [-0.1, -0.05) is 55.5 Å². The van der Waals surface area contributed by atoms with Crippen LogP contribution >= 0.6 is 15.9 Å². The summed E-state index contributed by atoms with van der Waals surface area (Å²) in [7, 11) is 0. The molecule has 3 aromatic carbocycles. The van der Waals surface area contributed by atoms with Crippen LogP contribution in [0.1, 0.15) is 36.3 Å². The van der Waals surface area contributed by atoms with Crippen molar-refractivity contribution in [3.63, 3.8) is 0 Å². The van der Waals surface area contributed by atoms with Crippen molar-refractivity contribution >= 4 is 43.6 Å². The topological polar surface area (TPSA) is 51.3 Å². The number of alkyl halides is 1. The first-order valence-electron chi connectivity index (χ1n) is 9.70. The minimum Gasteiger partial charge on any atom is -0.471 e. The number of hydrogen-bond donors (Lipinski definition) is 1. The molecule has 0 fully saturated rings. The van der Waals surface area contributed by atoms with Crippen LogP contribution in [0.15, 0.2) is 66.7 Å². The fourth-order valence-electron chi connectivity index (χ4n) is 3.47. The van der Waals surface area contributed by atoms with Crippen molar-refractivity contribution in [1.29, 1.82) is 0 Å². The van der Waals surface area contributed by atoms with Crippen molar-refractivity contribution in [1.82, 2.24) is 4.98 Å². The second kappa shape index (κ2) is 7.91. The third kappa shape index (κ3) is 3.75. The highest BCUT2D eigenvalue weighted by molar-refractivity contribution is 9.09. The highest BCUT2D eigenvalue weighted by atomic mass is 79.9. The van der Waals surface area contributed by atoms with Gasteiger partial charge in [-0.15, -0.1) is 0 Å². The zero-order valence-electron chi connectivity index (χ0n) is 16.4. The summed E-state index contributed by atoms with van der Waals surface area (Å²) >= 11 is 3.83. The molecule has 1 unspecified atom stereocenters. The van der Waals surface area contributed by atoms with Crippen LogP contribution in [-0.2, 0) is 9.25 Å². The molecular weight excluding hydrogens is 430 g/mol. The Morgan fingerprint density at radius 2 is 1.79 bits per heavy atom. The number of hydrogen-bond acceptors (Lipinski definition) is 3. The Kier molecular flexibility index (Phi) is 5.33. The number of aromatic amines is 1. The number of esters is 1. The number of carbonyl (C=O) groups is 1. The van der Waals surface area contributed by atoms with Gasteiger partial charge in [0.05, 0.1) is 6.61 Å². The smallest absolute Gasteiger partial charge is 0.354 e. The number of ether oxygens (including phenoxy) is 2. The number of H-pyrrole nitrogens is 1. The molecule has 0 amide bonds. The average Bonchev–Trinajstić information content (AvgIpc) is 3.18. The van der Waals surface area contributed by atoms with Gasteiger partial charge in [-0.25, -0.2) is 4.79 Å². The molecule has 5 heteroatoms. The summed E-state index contributed by atoms with van der Waals surface area (Å²) in [5.74, 6) is 0.471. The second-order valence-corrected chi connectivity index (χ2v) is 8.15. The van der Waals surface area contributed by atoms with Gasteiger partial charge >= 0.3 is 5.97 Å². The summed E-state index contributed by atoms with van der Waals surface area (Å²) in [5, 5.41) is 3.15. The zero-order valence-corrected chi connectivity index (χ0v) is 18.0. The molecule has 29 heavy (non-hydrogen) atoms. The van der Waals surface area contributed by atoms with Crippen LogP contribution in [0.25, 0.3) is 21.7 Å². The monoisotopic (exact) mass is 451 g/mol. The molecule has 1 aromatic heterocycles. The van der Waals surface area contributed by atoms with E-state index in [-0.39, 0.29) is 5.97 Å². The Balaban J connectivity index is 1.72. The summed E-state index contributed by atoms with van der Waals surface area (Å²) in [4.78, 5) is 15.2. The number of halogens is 1. The Hall–Kier alpha value is -2.79. The lowest BCUT2D eigenvalue weighted by Crippen LogP contribution is -2.25. The number of aromatic nitrogens is 1. The lowest BCUT2D eigenvalue weighted by Gasteiger charge is -2.29. The van der Waals surface area contributed by atoms with Crippen LogP contribution in [-0.4, -0.2) is 17.6 Å². The van der Waals surface area contributed by atoms with Gasteiger partial charge < -0.3 is 14.5 Å². The van der Waals surface area contributed by atoms with Gasteiger partial charge in [0.15, 0.2) is 4.51 Å². The van der Waals surface area contributed by atoms with Gasteiger partial charge in [0.2, 0.25) is 0 Å². The molecule has 1 heterocycles. The standard InChI is InChI=1S/C24H22BrNO3/c1-3-24(25,29-22-11-7-9-16-8-5-6-10-19(16)22)18-13-12-17-14-21(23(27)28-4-2)26-20(17)15-18/h5-15,26H,3-4H2,1-2H3. The third-order valence-electron chi connectivity index (χ3n) is 5.03. The van der Waals surface area contributed by atoms with E-state index in [0.29, 0.717) is 18.7 Å². The van der Waals surface area contributed by atoms with Gasteiger partial charge in [-0.05, 0) is 52.9 Å². The number of fused-ring (bicyclic) bond motifs is 2. The highest BCUT2D eigenvalue weighted by Crippen LogP contribution is 2.40. The van der Waals surface area contributed by atoms with E-state index < -0.39 is 4.51 Å². The molecule has 0 aliphatic heterocycles. The molecule has 0 saturated carbocycles. The number of benzene rings is 3. The predicted octanol–water partition coefficient (Wildman–Crippen LogP) is 6.53. The van der Waals surface area contributed by atoms with Crippen molar-refractivity contribution in [2.45, 2.75) is 24.8 Å². The fraction of sp³-hybridized carbons (Fsp3) is 0.208. The molecule has 4 aromatic rings. The zero-order chi connectivity index (χ0) is 20.4. The van der Waals surface area contributed by atoms with Crippen LogP contribution in [0, 0.1) is 0 Å². The molecule has 0 spiro atoms.